The molecule has 2 unspecified atom stereocenters. The van der Waals surface area contributed by atoms with Crippen LogP contribution in [-0.2, 0) is 17.8 Å². The summed E-state index contributed by atoms with van der Waals surface area (Å²) >= 11 is 0. The summed E-state index contributed by atoms with van der Waals surface area (Å²) in [5, 5.41) is 11.2. The van der Waals surface area contributed by atoms with Crippen LogP contribution in [0, 0.1) is 6.92 Å². The van der Waals surface area contributed by atoms with E-state index < -0.39 is 5.60 Å². The molecule has 0 radical (unpaired) electrons. The number of rotatable bonds is 4. The summed E-state index contributed by atoms with van der Waals surface area (Å²) in [6, 6.07) is 15.7. The zero-order valence-corrected chi connectivity index (χ0v) is 15.7. The topological polar surface area (TPSA) is 62.7 Å². The molecule has 142 valence electrons. The van der Waals surface area contributed by atoms with Crippen LogP contribution < -0.4 is 0 Å². The monoisotopic (exact) mass is 366 g/mol. The van der Waals surface area contributed by atoms with Crippen molar-refractivity contribution in [3.63, 3.8) is 0 Å². The predicted octanol–water partition coefficient (Wildman–Crippen LogP) is 3.63. The average Bonchev–Trinajstić information content (AvgIpc) is 2.93. The number of amides is 1. The number of aliphatic hydroxyl groups is 1. The highest BCUT2D eigenvalue weighted by Crippen LogP contribution is 2.42. The lowest BCUT2D eigenvalue weighted by Crippen LogP contribution is -2.54. The molecule has 3 heterocycles. The maximum atomic E-state index is 12.7. The number of benzene rings is 1. The molecule has 2 saturated heterocycles. The molecule has 2 aromatic rings. The standard InChI is InChI=1S/C22H26N2O3/c1-16-6-5-9-18(23-16)12-22(26)13-19-10-11-20(14-22)24(19)21(25)27-15-17-7-3-2-4-8-17/h2-9,19-20,26H,10-15H2,1H3. The fourth-order valence-corrected chi connectivity index (χ4v) is 4.59. The molecular formula is C22H26N2O3. The minimum Gasteiger partial charge on any atom is -0.445 e. The van der Waals surface area contributed by atoms with Crippen molar-refractivity contribution < 1.29 is 14.6 Å². The van der Waals surface area contributed by atoms with Gasteiger partial charge in [-0.1, -0.05) is 36.4 Å². The fourth-order valence-electron chi connectivity index (χ4n) is 4.59. The van der Waals surface area contributed by atoms with Crippen LogP contribution in [0.5, 0.6) is 0 Å². The molecule has 2 aliphatic rings. The second kappa shape index (κ2) is 7.31. The number of ether oxygens (including phenoxy) is 1. The van der Waals surface area contributed by atoms with Crippen LogP contribution in [0.2, 0.25) is 0 Å². The van der Waals surface area contributed by atoms with Gasteiger partial charge in [0.1, 0.15) is 6.61 Å². The van der Waals surface area contributed by atoms with Crippen molar-refractivity contribution in [2.24, 2.45) is 0 Å². The number of fused-ring (bicyclic) bond motifs is 2. The molecule has 2 aliphatic heterocycles. The summed E-state index contributed by atoms with van der Waals surface area (Å²) in [5.74, 6) is 0. The Kier molecular flexibility index (Phi) is 4.87. The van der Waals surface area contributed by atoms with Crippen molar-refractivity contribution in [2.75, 3.05) is 0 Å². The van der Waals surface area contributed by atoms with Crippen molar-refractivity contribution >= 4 is 6.09 Å². The van der Waals surface area contributed by atoms with Gasteiger partial charge in [0.25, 0.3) is 0 Å². The first kappa shape index (κ1) is 18.0. The molecule has 2 fully saturated rings. The van der Waals surface area contributed by atoms with E-state index in [1.54, 1.807) is 0 Å². The van der Waals surface area contributed by atoms with Gasteiger partial charge in [0.05, 0.1) is 5.60 Å². The van der Waals surface area contributed by atoms with Crippen molar-refractivity contribution in [3.8, 4) is 0 Å². The molecule has 0 aliphatic carbocycles. The van der Waals surface area contributed by atoms with Crippen LogP contribution in [-0.4, -0.2) is 38.8 Å². The van der Waals surface area contributed by atoms with E-state index in [0.29, 0.717) is 19.3 Å². The minimum atomic E-state index is -0.803. The summed E-state index contributed by atoms with van der Waals surface area (Å²) in [6.07, 6.45) is 3.29. The number of aromatic nitrogens is 1. The first-order valence-corrected chi connectivity index (χ1v) is 9.66. The van der Waals surface area contributed by atoms with Crippen LogP contribution in [0.1, 0.15) is 42.6 Å². The van der Waals surface area contributed by atoms with Gasteiger partial charge in [0, 0.05) is 29.9 Å². The third-order valence-electron chi connectivity index (χ3n) is 5.72. The predicted molar refractivity (Wildman–Crippen MR) is 102 cm³/mol. The van der Waals surface area contributed by atoms with Crippen LogP contribution in [0.25, 0.3) is 0 Å². The molecule has 0 saturated carbocycles. The van der Waals surface area contributed by atoms with Gasteiger partial charge in [-0.3, -0.25) is 4.98 Å². The van der Waals surface area contributed by atoms with Crippen LogP contribution >= 0.6 is 0 Å². The van der Waals surface area contributed by atoms with Crippen molar-refractivity contribution in [1.29, 1.82) is 0 Å². The van der Waals surface area contributed by atoms with Crippen LogP contribution in [0.15, 0.2) is 48.5 Å². The number of piperidine rings is 1. The molecular weight excluding hydrogens is 340 g/mol. The Hall–Kier alpha value is -2.40. The largest absolute Gasteiger partial charge is 0.445 e. The Morgan fingerprint density at radius 2 is 1.85 bits per heavy atom. The molecule has 1 amide bonds. The molecule has 1 N–H and O–H groups in total. The highest BCUT2D eigenvalue weighted by atomic mass is 16.6. The van der Waals surface area contributed by atoms with Gasteiger partial charge >= 0.3 is 6.09 Å². The van der Waals surface area contributed by atoms with Crippen LogP contribution in [0.3, 0.4) is 0 Å². The van der Waals surface area contributed by atoms with E-state index in [2.05, 4.69) is 4.98 Å². The minimum absolute atomic E-state index is 0.0434. The molecule has 5 heteroatoms. The Morgan fingerprint density at radius 3 is 2.52 bits per heavy atom. The van der Waals surface area contributed by atoms with Gasteiger partial charge in [-0.25, -0.2) is 4.79 Å². The number of hydrogen-bond acceptors (Lipinski definition) is 4. The fraction of sp³-hybridized carbons (Fsp3) is 0.455. The first-order chi connectivity index (χ1) is 13.0. The highest BCUT2D eigenvalue weighted by Gasteiger charge is 2.50. The van der Waals surface area contributed by atoms with Gasteiger partial charge in [-0.15, -0.1) is 0 Å². The Balaban J connectivity index is 1.40. The first-order valence-electron chi connectivity index (χ1n) is 9.66. The van der Waals surface area contributed by atoms with Gasteiger partial charge in [-0.05, 0) is 50.3 Å². The highest BCUT2D eigenvalue weighted by molar-refractivity contribution is 5.69. The summed E-state index contributed by atoms with van der Waals surface area (Å²) in [6.45, 7) is 2.25. The summed E-state index contributed by atoms with van der Waals surface area (Å²) in [4.78, 5) is 19.1. The van der Waals surface area contributed by atoms with E-state index >= 15 is 0 Å². The summed E-state index contributed by atoms with van der Waals surface area (Å²) < 4.78 is 5.54. The summed E-state index contributed by atoms with van der Waals surface area (Å²) in [7, 11) is 0. The van der Waals surface area contributed by atoms with E-state index in [9.17, 15) is 9.90 Å². The Morgan fingerprint density at radius 1 is 1.15 bits per heavy atom. The number of pyridine rings is 1. The quantitative estimate of drug-likeness (QED) is 0.898. The van der Waals surface area contributed by atoms with E-state index in [4.69, 9.17) is 4.74 Å². The maximum absolute atomic E-state index is 12.7. The third-order valence-corrected chi connectivity index (χ3v) is 5.72. The molecule has 0 spiro atoms. The molecule has 2 bridgehead atoms. The number of hydrogen-bond donors (Lipinski definition) is 1. The van der Waals surface area contributed by atoms with E-state index in [1.807, 2.05) is 60.4 Å². The number of carbonyl (C=O) groups is 1. The number of carbonyl (C=O) groups excluding carboxylic acids is 1. The second-order valence-corrected chi connectivity index (χ2v) is 7.91. The lowest BCUT2D eigenvalue weighted by Gasteiger charge is -2.43. The Bertz CT molecular complexity index is 794. The van der Waals surface area contributed by atoms with E-state index in [1.165, 1.54) is 0 Å². The van der Waals surface area contributed by atoms with Crippen molar-refractivity contribution in [1.82, 2.24) is 9.88 Å². The SMILES string of the molecule is Cc1cccc(CC2(O)CC3CCC(C2)N3C(=O)OCc2ccccc2)n1. The van der Waals surface area contributed by atoms with Gasteiger partial charge in [-0.2, -0.15) is 0 Å². The summed E-state index contributed by atoms with van der Waals surface area (Å²) in [5.41, 5.74) is 2.05. The average molecular weight is 366 g/mol. The van der Waals surface area contributed by atoms with Gasteiger partial charge in [0.15, 0.2) is 0 Å². The zero-order valence-electron chi connectivity index (χ0n) is 15.7. The molecule has 2 atom stereocenters. The maximum Gasteiger partial charge on any atom is 0.410 e. The third kappa shape index (κ3) is 3.98. The van der Waals surface area contributed by atoms with Crippen molar-refractivity contribution in [2.45, 2.75) is 63.3 Å². The second-order valence-electron chi connectivity index (χ2n) is 7.91. The van der Waals surface area contributed by atoms with Crippen molar-refractivity contribution in [3.05, 3.63) is 65.5 Å². The molecule has 4 rings (SSSR count). The van der Waals surface area contributed by atoms with E-state index in [0.717, 1.165) is 29.8 Å². The van der Waals surface area contributed by atoms with Crippen LogP contribution in [0.4, 0.5) is 4.79 Å². The zero-order chi connectivity index (χ0) is 18.9. The molecule has 1 aromatic heterocycles. The molecule has 5 nitrogen and oxygen atoms in total. The number of aryl methyl sites for hydroxylation is 1. The Labute approximate surface area is 160 Å². The normalized spacial score (nSPS) is 26.8. The lowest BCUT2D eigenvalue weighted by atomic mass is 9.82. The molecule has 27 heavy (non-hydrogen) atoms. The lowest BCUT2D eigenvalue weighted by molar-refractivity contribution is -0.0490. The van der Waals surface area contributed by atoms with Gasteiger partial charge in [0.2, 0.25) is 0 Å². The van der Waals surface area contributed by atoms with Gasteiger partial charge < -0.3 is 14.7 Å². The number of nitrogens with zero attached hydrogens (tertiary/aromatic N) is 2. The molecule has 1 aromatic carbocycles. The smallest absolute Gasteiger partial charge is 0.410 e. The van der Waals surface area contributed by atoms with E-state index in [-0.39, 0.29) is 24.8 Å².